The first-order valence-electron chi connectivity index (χ1n) is 7.05. The van der Waals surface area contributed by atoms with Gasteiger partial charge < -0.3 is 19.5 Å². The molecule has 2 unspecified atom stereocenters. The molecule has 1 N–H and O–H groups in total. The Kier molecular flexibility index (Phi) is 5.55. The third-order valence-corrected chi connectivity index (χ3v) is 4.89. The lowest BCUT2D eigenvalue weighted by atomic mass is 10.1. The number of nitrogens with zero attached hydrogens (tertiary/aromatic N) is 2. The molecular formula is C14H22N2O4S. The number of methoxy groups -OCH3 is 2. The van der Waals surface area contributed by atoms with Crippen molar-refractivity contribution < 1.29 is 19.4 Å². The number of carboxylic acids is 1. The van der Waals surface area contributed by atoms with Gasteiger partial charge >= 0.3 is 5.97 Å². The summed E-state index contributed by atoms with van der Waals surface area (Å²) >= 11 is 1.60. The van der Waals surface area contributed by atoms with Gasteiger partial charge in [-0.3, -0.25) is 4.79 Å². The van der Waals surface area contributed by atoms with Crippen LogP contribution in [0.25, 0.3) is 0 Å². The molecule has 7 heteroatoms. The predicted molar refractivity (Wildman–Crippen MR) is 81.4 cm³/mol. The van der Waals surface area contributed by atoms with Gasteiger partial charge in [0.2, 0.25) is 0 Å². The second-order valence-electron chi connectivity index (χ2n) is 5.22. The maximum absolute atomic E-state index is 11.3. The van der Waals surface area contributed by atoms with Crippen molar-refractivity contribution in [1.82, 2.24) is 4.98 Å². The normalized spacial score (nSPS) is 18.5. The molecule has 1 aliphatic rings. The van der Waals surface area contributed by atoms with Gasteiger partial charge in [0, 0.05) is 25.6 Å². The number of carbonyl (C=O) groups is 1. The highest BCUT2D eigenvalue weighted by molar-refractivity contribution is 7.15. The topological polar surface area (TPSA) is 71.9 Å². The molecule has 0 fully saturated rings. The van der Waals surface area contributed by atoms with Crippen molar-refractivity contribution in [3.63, 3.8) is 0 Å². The van der Waals surface area contributed by atoms with Crippen molar-refractivity contribution >= 4 is 22.4 Å². The average Bonchev–Trinajstić information content (AvgIpc) is 2.99. The first-order chi connectivity index (χ1) is 10.1. The lowest BCUT2D eigenvalue weighted by Gasteiger charge is -2.28. The van der Waals surface area contributed by atoms with E-state index in [-0.39, 0.29) is 6.04 Å². The van der Waals surface area contributed by atoms with E-state index in [2.05, 4.69) is 16.8 Å². The molecule has 0 radical (unpaired) electrons. The molecule has 1 aromatic rings. The molecule has 1 heterocycles. The Labute approximate surface area is 128 Å². The van der Waals surface area contributed by atoms with E-state index >= 15 is 0 Å². The van der Waals surface area contributed by atoms with Crippen LogP contribution in [0.4, 0.5) is 5.13 Å². The fraction of sp³-hybridized carbons (Fsp3) is 0.714. The number of carboxylic acid groups (broad SMARTS) is 1. The summed E-state index contributed by atoms with van der Waals surface area (Å²) in [5.41, 5.74) is 0.745. The maximum Gasteiger partial charge on any atom is 0.312 e. The summed E-state index contributed by atoms with van der Waals surface area (Å²) in [6.07, 6.45) is 1.47. The number of ether oxygens (including phenoxy) is 2. The molecule has 0 bridgehead atoms. The minimum Gasteiger partial charge on any atom is -0.481 e. The number of aliphatic carboxylic acids is 1. The van der Waals surface area contributed by atoms with Gasteiger partial charge in [-0.05, 0) is 19.8 Å². The molecule has 2 rings (SSSR count). The number of aryl methyl sites for hydroxylation is 1. The largest absolute Gasteiger partial charge is 0.481 e. The number of anilines is 1. The van der Waals surface area contributed by atoms with Gasteiger partial charge in [0.25, 0.3) is 0 Å². The van der Waals surface area contributed by atoms with Crippen LogP contribution in [0, 0.1) is 0 Å². The van der Waals surface area contributed by atoms with E-state index in [9.17, 15) is 9.90 Å². The molecule has 0 amide bonds. The standard InChI is InChI=1S/C14H22N2O4S/c1-9(8-20-3)16(6-7-19-2)14-15-12-10(13(17)18)4-5-11(12)21-14/h9-10H,4-8H2,1-3H3,(H,17,18). The van der Waals surface area contributed by atoms with Crippen molar-refractivity contribution in [3.8, 4) is 0 Å². The van der Waals surface area contributed by atoms with Crippen LogP contribution in [0.3, 0.4) is 0 Å². The number of thiazole rings is 1. The quantitative estimate of drug-likeness (QED) is 0.788. The van der Waals surface area contributed by atoms with Crippen molar-refractivity contribution in [3.05, 3.63) is 10.6 Å². The number of hydrogen-bond acceptors (Lipinski definition) is 6. The molecule has 21 heavy (non-hydrogen) atoms. The Morgan fingerprint density at radius 1 is 1.52 bits per heavy atom. The minimum absolute atomic E-state index is 0.166. The van der Waals surface area contributed by atoms with Crippen molar-refractivity contribution in [2.45, 2.75) is 31.7 Å². The van der Waals surface area contributed by atoms with Crippen molar-refractivity contribution in [1.29, 1.82) is 0 Å². The highest BCUT2D eigenvalue weighted by atomic mass is 32.1. The fourth-order valence-electron chi connectivity index (χ4n) is 2.60. The SMILES string of the molecule is COCCN(c1nc2c(s1)CCC2C(=O)O)C(C)COC. The molecule has 0 aromatic carbocycles. The van der Waals surface area contributed by atoms with Crippen LogP contribution < -0.4 is 4.90 Å². The van der Waals surface area contributed by atoms with Gasteiger partial charge in [-0.1, -0.05) is 0 Å². The Balaban J connectivity index is 2.21. The van der Waals surface area contributed by atoms with Gasteiger partial charge in [-0.2, -0.15) is 0 Å². The third kappa shape index (κ3) is 3.53. The lowest BCUT2D eigenvalue weighted by Crippen LogP contribution is -2.38. The van der Waals surface area contributed by atoms with Gasteiger partial charge in [0.05, 0.1) is 24.9 Å². The van der Waals surface area contributed by atoms with Gasteiger partial charge in [0.1, 0.15) is 5.92 Å². The zero-order valence-electron chi connectivity index (χ0n) is 12.7. The third-order valence-electron chi connectivity index (χ3n) is 3.73. The molecule has 0 saturated heterocycles. The molecule has 6 nitrogen and oxygen atoms in total. The highest BCUT2D eigenvalue weighted by Crippen LogP contribution is 2.39. The number of aromatic nitrogens is 1. The fourth-order valence-corrected chi connectivity index (χ4v) is 3.87. The van der Waals surface area contributed by atoms with E-state index in [1.54, 1.807) is 25.6 Å². The number of hydrogen-bond donors (Lipinski definition) is 1. The molecule has 0 spiro atoms. The van der Waals surface area contributed by atoms with Crippen LogP contribution in [0.15, 0.2) is 0 Å². The molecule has 0 aliphatic heterocycles. The maximum atomic E-state index is 11.3. The van der Waals surface area contributed by atoms with E-state index in [0.29, 0.717) is 26.2 Å². The Morgan fingerprint density at radius 2 is 2.29 bits per heavy atom. The molecule has 0 saturated carbocycles. The van der Waals surface area contributed by atoms with Crippen molar-refractivity contribution in [2.24, 2.45) is 0 Å². The first kappa shape index (κ1) is 16.2. The van der Waals surface area contributed by atoms with Gasteiger partial charge in [-0.25, -0.2) is 4.98 Å². The molecular weight excluding hydrogens is 292 g/mol. The summed E-state index contributed by atoms with van der Waals surface area (Å²) in [4.78, 5) is 19.1. The van der Waals surface area contributed by atoms with Gasteiger partial charge in [-0.15, -0.1) is 11.3 Å². The summed E-state index contributed by atoms with van der Waals surface area (Å²) in [6, 6.07) is 0.166. The van der Waals surface area contributed by atoms with Crippen LogP contribution >= 0.6 is 11.3 Å². The summed E-state index contributed by atoms with van der Waals surface area (Å²) in [5, 5.41) is 10.1. The van der Waals surface area contributed by atoms with Gasteiger partial charge in [0.15, 0.2) is 5.13 Å². The summed E-state index contributed by atoms with van der Waals surface area (Å²) in [6.45, 7) is 3.97. The van der Waals surface area contributed by atoms with E-state index in [4.69, 9.17) is 9.47 Å². The Hall–Kier alpha value is -1.18. The van der Waals surface area contributed by atoms with E-state index < -0.39 is 11.9 Å². The van der Waals surface area contributed by atoms with Crippen LogP contribution in [-0.4, -0.2) is 56.1 Å². The second kappa shape index (κ2) is 7.20. The van der Waals surface area contributed by atoms with E-state index in [0.717, 1.165) is 22.1 Å². The smallest absolute Gasteiger partial charge is 0.312 e. The zero-order chi connectivity index (χ0) is 15.4. The molecule has 1 aliphatic carbocycles. The summed E-state index contributed by atoms with van der Waals surface area (Å²) < 4.78 is 10.4. The molecule has 1 aromatic heterocycles. The molecule has 2 atom stereocenters. The van der Waals surface area contributed by atoms with Crippen LogP contribution in [0.1, 0.15) is 29.8 Å². The second-order valence-corrected chi connectivity index (χ2v) is 6.29. The predicted octanol–water partition coefficient (Wildman–Crippen LogP) is 1.75. The minimum atomic E-state index is -0.779. The monoisotopic (exact) mass is 314 g/mol. The average molecular weight is 314 g/mol. The number of rotatable bonds is 8. The van der Waals surface area contributed by atoms with E-state index in [1.807, 2.05) is 0 Å². The molecule has 118 valence electrons. The number of fused-ring (bicyclic) bond motifs is 1. The zero-order valence-corrected chi connectivity index (χ0v) is 13.5. The van der Waals surface area contributed by atoms with Crippen LogP contribution in [0.5, 0.6) is 0 Å². The van der Waals surface area contributed by atoms with Crippen LogP contribution in [-0.2, 0) is 20.7 Å². The lowest BCUT2D eigenvalue weighted by molar-refractivity contribution is -0.138. The van der Waals surface area contributed by atoms with Crippen molar-refractivity contribution in [2.75, 3.05) is 38.9 Å². The highest BCUT2D eigenvalue weighted by Gasteiger charge is 2.33. The Bertz CT molecular complexity index is 491. The van der Waals surface area contributed by atoms with Crippen LogP contribution in [0.2, 0.25) is 0 Å². The summed E-state index contributed by atoms with van der Waals surface area (Å²) in [7, 11) is 3.34. The summed E-state index contributed by atoms with van der Waals surface area (Å²) in [5.74, 6) is -1.23. The van der Waals surface area contributed by atoms with E-state index in [1.165, 1.54) is 0 Å². The first-order valence-corrected chi connectivity index (χ1v) is 7.87. The Morgan fingerprint density at radius 3 is 2.90 bits per heavy atom.